The molecule has 0 aliphatic carbocycles. The number of nitrogens with two attached hydrogens (primary N) is 1. The molecule has 0 amide bonds. The molecule has 102 valence electrons. The Morgan fingerprint density at radius 1 is 1.12 bits per heavy atom. The van der Waals surface area contributed by atoms with E-state index in [0.29, 0.717) is 5.41 Å². The molecule has 0 aliphatic rings. The Morgan fingerprint density at radius 2 is 1.76 bits per heavy atom. The highest BCUT2D eigenvalue weighted by atomic mass is 14.8. The molecule has 0 bridgehead atoms. The fourth-order valence-corrected chi connectivity index (χ4v) is 2.21. The van der Waals surface area contributed by atoms with E-state index in [-0.39, 0.29) is 5.41 Å². The molecule has 3 N–H and O–H groups in total. The van der Waals surface area contributed by atoms with Crippen LogP contribution in [0.5, 0.6) is 0 Å². The number of nitrogens with one attached hydrogen (secondary N) is 1. The van der Waals surface area contributed by atoms with Crippen LogP contribution < -0.4 is 11.1 Å². The van der Waals surface area contributed by atoms with E-state index < -0.39 is 0 Å². The number of hydrogen-bond acceptors (Lipinski definition) is 2. The summed E-state index contributed by atoms with van der Waals surface area (Å²) in [6.45, 7) is 12.8. The summed E-state index contributed by atoms with van der Waals surface area (Å²) in [6.07, 6.45) is 8.06. The smallest absolute Gasteiger partial charge is 0.00516 e. The highest BCUT2D eigenvalue weighted by Crippen LogP contribution is 2.38. The van der Waals surface area contributed by atoms with Crippen LogP contribution in [0.4, 0.5) is 0 Å². The molecule has 0 aliphatic heterocycles. The van der Waals surface area contributed by atoms with Crippen molar-refractivity contribution in [2.24, 2.45) is 16.6 Å². The second-order valence-corrected chi connectivity index (χ2v) is 6.37. The van der Waals surface area contributed by atoms with Crippen molar-refractivity contribution in [1.29, 1.82) is 0 Å². The molecule has 0 saturated heterocycles. The summed E-state index contributed by atoms with van der Waals surface area (Å²) < 4.78 is 0. The Balaban J connectivity index is 4.41. The molecule has 0 saturated carbocycles. The van der Waals surface area contributed by atoms with Gasteiger partial charge in [-0.1, -0.05) is 26.8 Å². The van der Waals surface area contributed by atoms with Crippen molar-refractivity contribution >= 4 is 0 Å². The molecule has 0 fully saturated rings. The topological polar surface area (TPSA) is 38.0 Å². The van der Waals surface area contributed by atoms with Gasteiger partial charge in [0, 0.05) is 0 Å². The first-order valence-corrected chi connectivity index (χ1v) is 6.87. The summed E-state index contributed by atoms with van der Waals surface area (Å²) in [5.74, 6) is 0. The van der Waals surface area contributed by atoms with E-state index in [0.717, 1.165) is 19.5 Å². The monoisotopic (exact) mass is 240 g/mol. The zero-order chi connectivity index (χ0) is 13.4. The van der Waals surface area contributed by atoms with Gasteiger partial charge in [0.15, 0.2) is 0 Å². The van der Waals surface area contributed by atoms with Crippen LogP contribution in [0.3, 0.4) is 0 Å². The maximum absolute atomic E-state index is 5.77. The van der Waals surface area contributed by atoms with Crippen LogP contribution in [-0.4, -0.2) is 20.1 Å². The van der Waals surface area contributed by atoms with Crippen molar-refractivity contribution in [3.05, 3.63) is 12.7 Å². The van der Waals surface area contributed by atoms with Gasteiger partial charge in [-0.25, -0.2) is 0 Å². The van der Waals surface area contributed by atoms with Gasteiger partial charge in [-0.05, 0) is 63.1 Å². The minimum atomic E-state index is 0.249. The molecular weight excluding hydrogens is 208 g/mol. The maximum Gasteiger partial charge on any atom is -0.00516 e. The van der Waals surface area contributed by atoms with E-state index in [9.17, 15) is 0 Å². The van der Waals surface area contributed by atoms with Gasteiger partial charge in [0.25, 0.3) is 0 Å². The molecule has 0 radical (unpaired) electrons. The van der Waals surface area contributed by atoms with Gasteiger partial charge in [0.05, 0.1) is 0 Å². The standard InChI is InChI=1S/C15H32N2/c1-6-15(11-12-16,8-7-13-17-5)10-9-14(2,3)4/h6,17H,1,7-13,16H2,2-5H3. The lowest BCUT2D eigenvalue weighted by atomic mass is 9.73. The van der Waals surface area contributed by atoms with E-state index in [1.807, 2.05) is 7.05 Å². The number of hydrogen-bond donors (Lipinski definition) is 2. The second kappa shape index (κ2) is 7.88. The van der Waals surface area contributed by atoms with Crippen LogP contribution in [0.2, 0.25) is 0 Å². The van der Waals surface area contributed by atoms with Crippen LogP contribution in [0, 0.1) is 10.8 Å². The molecule has 2 heteroatoms. The normalized spacial score (nSPS) is 15.6. The fourth-order valence-electron chi connectivity index (χ4n) is 2.21. The zero-order valence-electron chi connectivity index (χ0n) is 12.3. The fraction of sp³-hybridized carbons (Fsp3) is 0.867. The summed E-state index contributed by atoms with van der Waals surface area (Å²) in [5, 5.41) is 3.21. The van der Waals surface area contributed by atoms with Gasteiger partial charge in [-0.2, -0.15) is 0 Å². The van der Waals surface area contributed by atoms with Crippen molar-refractivity contribution in [1.82, 2.24) is 5.32 Å². The van der Waals surface area contributed by atoms with Crippen molar-refractivity contribution in [3.8, 4) is 0 Å². The Morgan fingerprint density at radius 3 is 2.18 bits per heavy atom. The SMILES string of the molecule is C=CC(CCN)(CCCNC)CCC(C)(C)C. The van der Waals surface area contributed by atoms with Gasteiger partial charge in [0.2, 0.25) is 0 Å². The summed E-state index contributed by atoms with van der Waals surface area (Å²) in [6, 6.07) is 0. The van der Waals surface area contributed by atoms with Gasteiger partial charge < -0.3 is 11.1 Å². The summed E-state index contributed by atoms with van der Waals surface area (Å²) >= 11 is 0. The van der Waals surface area contributed by atoms with Crippen LogP contribution in [0.1, 0.15) is 52.9 Å². The van der Waals surface area contributed by atoms with Gasteiger partial charge in [-0.15, -0.1) is 6.58 Å². The molecular formula is C15H32N2. The van der Waals surface area contributed by atoms with Crippen LogP contribution in [-0.2, 0) is 0 Å². The van der Waals surface area contributed by atoms with Crippen molar-refractivity contribution in [2.45, 2.75) is 52.9 Å². The molecule has 1 atom stereocenters. The second-order valence-electron chi connectivity index (χ2n) is 6.37. The highest BCUT2D eigenvalue weighted by Gasteiger charge is 2.27. The molecule has 0 aromatic rings. The number of allylic oxidation sites excluding steroid dienone is 1. The first-order valence-electron chi connectivity index (χ1n) is 6.87. The third-order valence-corrected chi connectivity index (χ3v) is 3.55. The van der Waals surface area contributed by atoms with E-state index in [1.165, 1.54) is 25.7 Å². The highest BCUT2D eigenvalue weighted by molar-refractivity contribution is 4.95. The van der Waals surface area contributed by atoms with Crippen molar-refractivity contribution in [3.63, 3.8) is 0 Å². The molecule has 0 aromatic heterocycles. The summed E-state index contributed by atoms with van der Waals surface area (Å²) in [4.78, 5) is 0. The molecule has 0 spiro atoms. The minimum Gasteiger partial charge on any atom is -0.330 e. The van der Waals surface area contributed by atoms with Crippen molar-refractivity contribution < 1.29 is 0 Å². The first kappa shape index (κ1) is 16.7. The lowest BCUT2D eigenvalue weighted by Gasteiger charge is -2.33. The lowest BCUT2D eigenvalue weighted by Crippen LogP contribution is -2.25. The molecule has 17 heavy (non-hydrogen) atoms. The van der Waals surface area contributed by atoms with E-state index in [2.05, 4.69) is 38.7 Å². The van der Waals surface area contributed by atoms with E-state index >= 15 is 0 Å². The van der Waals surface area contributed by atoms with E-state index in [4.69, 9.17) is 5.73 Å². The van der Waals surface area contributed by atoms with Crippen LogP contribution in [0.15, 0.2) is 12.7 Å². The Hall–Kier alpha value is -0.340. The quantitative estimate of drug-likeness (QED) is 0.479. The van der Waals surface area contributed by atoms with Crippen LogP contribution in [0.25, 0.3) is 0 Å². The average molecular weight is 240 g/mol. The third-order valence-electron chi connectivity index (χ3n) is 3.55. The maximum atomic E-state index is 5.77. The molecule has 2 nitrogen and oxygen atoms in total. The van der Waals surface area contributed by atoms with E-state index in [1.54, 1.807) is 0 Å². The molecule has 0 rings (SSSR count). The van der Waals surface area contributed by atoms with Gasteiger partial charge in [0.1, 0.15) is 0 Å². The predicted molar refractivity (Wildman–Crippen MR) is 78.2 cm³/mol. The molecule has 0 heterocycles. The largest absolute Gasteiger partial charge is 0.330 e. The predicted octanol–water partition coefficient (Wildman–Crippen LogP) is 3.33. The minimum absolute atomic E-state index is 0.249. The van der Waals surface area contributed by atoms with Gasteiger partial charge in [-0.3, -0.25) is 0 Å². The van der Waals surface area contributed by atoms with Gasteiger partial charge >= 0.3 is 0 Å². The Labute approximate surface area is 108 Å². The van der Waals surface area contributed by atoms with Crippen LogP contribution >= 0.6 is 0 Å². The molecule has 1 unspecified atom stereocenters. The lowest BCUT2D eigenvalue weighted by molar-refractivity contribution is 0.236. The molecule has 0 aromatic carbocycles. The summed E-state index contributed by atoms with van der Waals surface area (Å²) in [5.41, 5.74) is 6.41. The Kier molecular flexibility index (Phi) is 7.73. The van der Waals surface area contributed by atoms with Crippen molar-refractivity contribution in [2.75, 3.05) is 20.1 Å². The first-order chi connectivity index (χ1) is 7.89. The zero-order valence-corrected chi connectivity index (χ0v) is 12.3. The Bertz CT molecular complexity index is 205. The summed E-state index contributed by atoms with van der Waals surface area (Å²) in [7, 11) is 2.01. The number of rotatable bonds is 9. The third kappa shape index (κ3) is 7.56. The average Bonchev–Trinajstić information content (AvgIpc) is 2.25.